The molecule has 0 fully saturated rings. The van der Waals surface area contributed by atoms with Crippen molar-refractivity contribution >= 4 is 47.8 Å². The topological polar surface area (TPSA) is 0 Å². The molecule has 0 saturated heterocycles. The van der Waals surface area contributed by atoms with Crippen LogP contribution in [0.25, 0.3) is 0 Å². The van der Waals surface area contributed by atoms with Gasteiger partial charge in [0.2, 0.25) is 0 Å². The minimum atomic E-state index is 0.271. The lowest BCUT2D eigenvalue weighted by molar-refractivity contribution is 1.34. The summed E-state index contributed by atoms with van der Waals surface area (Å²) in [7, 11) is 0. The van der Waals surface area contributed by atoms with Crippen molar-refractivity contribution in [1.82, 2.24) is 0 Å². The van der Waals surface area contributed by atoms with Crippen molar-refractivity contribution in [2.24, 2.45) is 0 Å². The third-order valence-corrected chi connectivity index (χ3v) is 1.43. The van der Waals surface area contributed by atoms with Gasteiger partial charge in [0.05, 0.1) is 0 Å². The second-order valence-corrected chi connectivity index (χ2v) is 8.77. The van der Waals surface area contributed by atoms with Crippen LogP contribution in [0.1, 0.15) is 11.1 Å². The first-order valence-electron chi connectivity index (χ1n) is 3.48. The zero-order valence-electron chi connectivity index (χ0n) is 7.02. The van der Waals surface area contributed by atoms with Crippen molar-refractivity contribution in [3.8, 4) is 0 Å². The first-order chi connectivity index (χ1) is 5.54. The normalized spacial score (nSPS) is 9.17. The summed E-state index contributed by atoms with van der Waals surface area (Å²) in [6, 6.07) is 8.36. The van der Waals surface area contributed by atoms with Gasteiger partial charge in [-0.3, -0.25) is 0 Å². The molecule has 0 aliphatic carbocycles. The Hall–Kier alpha value is 0.660. The van der Waals surface area contributed by atoms with Gasteiger partial charge in [-0.1, -0.05) is 72.1 Å². The van der Waals surface area contributed by atoms with Gasteiger partial charge in [0.25, 0.3) is 0 Å². The lowest BCUT2D eigenvalue weighted by Gasteiger charge is -1.93. The Kier molecular flexibility index (Phi) is 7.49. The van der Waals surface area contributed by atoms with Crippen LogP contribution in [0.15, 0.2) is 24.3 Å². The van der Waals surface area contributed by atoms with Crippen LogP contribution >= 0.6 is 47.8 Å². The SMILES string of the molecule is BrC(Br)Br.Cc1ccccc1C. The molecule has 68 valence electrons. The van der Waals surface area contributed by atoms with E-state index in [4.69, 9.17) is 0 Å². The van der Waals surface area contributed by atoms with E-state index in [1.165, 1.54) is 11.1 Å². The standard InChI is InChI=1S/C8H10.CHBr3/c1-7-5-3-4-6-8(7)2;2-1(3)4/h3-6H,1-2H3;1H. The van der Waals surface area contributed by atoms with Crippen molar-refractivity contribution < 1.29 is 0 Å². The number of aryl methyl sites for hydroxylation is 2. The van der Waals surface area contributed by atoms with Crippen LogP contribution < -0.4 is 0 Å². The molecule has 0 aliphatic heterocycles. The molecule has 0 aliphatic rings. The summed E-state index contributed by atoms with van der Waals surface area (Å²) in [5.74, 6) is 0. The zero-order chi connectivity index (χ0) is 9.56. The number of benzene rings is 1. The Morgan fingerprint density at radius 2 is 1.17 bits per heavy atom. The Bertz CT molecular complexity index is 197. The average Bonchev–Trinajstić information content (AvgIpc) is 1.94. The highest BCUT2D eigenvalue weighted by molar-refractivity contribution is 9.38. The van der Waals surface area contributed by atoms with Crippen LogP contribution in [0.4, 0.5) is 0 Å². The van der Waals surface area contributed by atoms with Gasteiger partial charge in [-0.2, -0.15) is 0 Å². The summed E-state index contributed by atoms with van der Waals surface area (Å²) < 4.78 is 0.271. The van der Waals surface area contributed by atoms with Crippen LogP contribution in [0.3, 0.4) is 0 Å². The van der Waals surface area contributed by atoms with Gasteiger partial charge in [0, 0.05) is 0 Å². The molecular weight excluding hydrogens is 348 g/mol. The molecule has 0 saturated carbocycles. The van der Waals surface area contributed by atoms with Gasteiger partial charge in [-0.15, -0.1) is 0 Å². The maximum atomic E-state index is 3.10. The Morgan fingerprint density at radius 3 is 1.33 bits per heavy atom. The molecule has 1 aromatic rings. The highest BCUT2D eigenvalue weighted by Gasteiger charge is 1.83. The lowest BCUT2D eigenvalue weighted by Crippen LogP contribution is -1.74. The molecule has 0 heterocycles. The fourth-order valence-corrected chi connectivity index (χ4v) is 0.663. The molecule has 0 atom stereocenters. The number of rotatable bonds is 0. The molecule has 0 nitrogen and oxygen atoms in total. The van der Waals surface area contributed by atoms with Gasteiger partial charge in [-0.25, -0.2) is 0 Å². The molecule has 0 unspecified atom stereocenters. The van der Waals surface area contributed by atoms with Crippen LogP contribution in [0, 0.1) is 13.8 Å². The van der Waals surface area contributed by atoms with Crippen molar-refractivity contribution in [2.75, 3.05) is 0 Å². The van der Waals surface area contributed by atoms with Crippen molar-refractivity contribution in [3.63, 3.8) is 0 Å². The predicted octanol–water partition coefficient (Wildman–Crippen LogP) is 4.76. The van der Waals surface area contributed by atoms with Gasteiger partial charge in [-0.05, 0) is 25.0 Å². The van der Waals surface area contributed by atoms with E-state index in [0.717, 1.165) is 0 Å². The third-order valence-electron chi connectivity index (χ3n) is 1.43. The van der Waals surface area contributed by atoms with E-state index in [1.54, 1.807) is 0 Å². The molecule has 0 radical (unpaired) electrons. The smallest absolute Gasteiger partial charge is 0.0637 e. The van der Waals surface area contributed by atoms with Crippen molar-refractivity contribution in [3.05, 3.63) is 35.4 Å². The third kappa shape index (κ3) is 7.32. The highest BCUT2D eigenvalue weighted by Crippen LogP contribution is 2.13. The first kappa shape index (κ1) is 12.7. The van der Waals surface area contributed by atoms with Gasteiger partial charge >= 0.3 is 0 Å². The maximum absolute atomic E-state index is 3.10. The van der Waals surface area contributed by atoms with Crippen LogP contribution in [0.2, 0.25) is 0 Å². The fraction of sp³-hybridized carbons (Fsp3) is 0.333. The summed E-state index contributed by atoms with van der Waals surface area (Å²) in [6.45, 7) is 4.24. The Morgan fingerprint density at radius 1 is 0.917 bits per heavy atom. The minimum Gasteiger partial charge on any atom is -0.0637 e. The van der Waals surface area contributed by atoms with Crippen molar-refractivity contribution in [1.29, 1.82) is 0 Å². The van der Waals surface area contributed by atoms with E-state index in [1.807, 2.05) is 0 Å². The van der Waals surface area contributed by atoms with E-state index >= 15 is 0 Å². The van der Waals surface area contributed by atoms with Crippen LogP contribution in [-0.4, -0.2) is 2.65 Å². The Balaban J connectivity index is 0.000000261. The van der Waals surface area contributed by atoms with E-state index in [2.05, 4.69) is 85.9 Å². The minimum absolute atomic E-state index is 0.271. The molecule has 0 bridgehead atoms. The number of hydrogen-bond acceptors (Lipinski definition) is 0. The van der Waals surface area contributed by atoms with Gasteiger partial charge in [0.15, 0.2) is 0 Å². The quantitative estimate of drug-likeness (QED) is 0.587. The molecule has 0 amide bonds. The number of hydrogen-bond donors (Lipinski definition) is 0. The summed E-state index contributed by atoms with van der Waals surface area (Å²) >= 11 is 9.31. The second-order valence-electron chi connectivity index (χ2n) is 2.33. The summed E-state index contributed by atoms with van der Waals surface area (Å²) in [5, 5.41) is 0. The largest absolute Gasteiger partial charge is 0.124 e. The van der Waals surface area contributed by atoms with E-state index < -0.39 is 0 Å². The van der Waals surface area contributed by atoms with Gasteiger partial charge in [0.1, 0.15) is 2.65 Å². The van der Waals surface area contributed by atoms with Crippen molar-refractivity contribution in [2.45, 2.75) is 16.5 Å². The molecule has 12 heavy (non-hydrogen) atoms. The maximum Gasteiger partial charge on any atom is 0.124 e. The van der Waals surface area contributed by atoms with E-state index in [9.17, 15) is 0 Å². The summed E-state index contributed by atoms with van der Waals surface area (Å²) in [6.07, 6.45) is 0. The van der Waals surface area contributed by atoms with Gasteiger partial charge < -0.3 is 0 Å². The average molecular weight is 359 g/mol. The highest BCUT2D eigenvalue weighted by atomic mass is 80.0. The van der Waals surface area contributed by atoms with Crippen LogP contribution in [-0.2, 0) is 0 Å². The second kappa shape index (κ2) is 7.10. The molecule has 0 N–H and O–H groups in total. The van der Waals surface area contributed by atoms with E-state index in [-0.39, 0.29) is 2.65 Å². The number of alkyl halides is 3. The molecule has 3 heteroatoms. The predicted molar refractivity (Wildman–Crippen MR) is 66.5 cm³/mol. The number of halogens is 3. The molecular formula is C9H11Br3. The molecule has 0 spiro atoms. The van der Waals surface area contributed by atoms with E-state index in [0.29, 0.717) is 0 Å². The first-order valence-corrected chi connectivity index (χ1v) is 6.23. The molecule has 0 aromatic heterocycles. The molecule has 1 rings (SSSR count). The molecule has 1 aromatic carbocycles. The van der Waals surface area contributed by atoms with Crippen LogP contribution in [0.5, 0.6) is 0 Å². The summed E-state index contributed by atoms with van der Waals surface area (Å²) in [5.41, 5.74) is 2.74. The zero-order valence-corrected chi connectivity index (χ0v) is 11.8. The fourth-order valence-electron chi connectivity index (χ4n) is 0.663. The monoisotopic (exact) mass is 356 g/mol. The summed E-state index contributed by atoms with van der Waals surface area (Å²) in [4.78, 5) is 0. The Labute approximate surface area is 99.1 Å². The lowest BCUT2D eigenvalue weighted by atomic mass is 10.1.